The third-order valence-electron chi connectivity index (χ3n) is 3.16. The van der Waals surface area contributed by atoms with E-state index in [9.17, 15) is 17.6 Å². The van der Waals surface area contributed by atoms with Gasteiger partial charge in [0.05, 0.1) is 17.7 Å². The van der Waals surface area contributed by atoms with Crippen molar-refractivity contribution in [2.45, 2.75) is 4.90 Å². The van der Waals surface area contributed by atoms with Gasteiger partial charge in [-0.1, -0.05) is 23.7 Å². The van der Waals surface area contributed by atoms with E-state index in [0.29, 0.717) is 5.02 Å². The van der Waals surface area contributed by atoms with Crippen LogP contribution in [-0.4, -0.2) is 38.4 Å². The van der Waals surface area contributed by atoms with Crippen LogP contribution in [0, 0.1) is 5.82 Å². The highest BCUT2D eigenvalue weighted by atomic mass is 35.5. The van der Waals surface area contributed by atoms with Crippen LogP contribution in [0.25, 0.3) is 0 Å². The van der Waals surface area contributed by atoms with Gasteiger partial charge in [0.25, 0.3) is 5.91 Å². The second kappa shape index (κ2) is 8.19. The molecule has 0 radical (unpaired) electrons. The molecule has 1 amide bonds. The van der Waals surface area contributed by atoms with Gasteiger partial charge in [0.1, 0.15) is 5.82 Å². The number of benzene rings is 2. The van der Waals surface area contributed by atoms with Crippen molar-refractivity contribution in [1.29, 1.82) is 0 Å². The molecule has 6 nitrogen and oxygen atoms in total. The second-order valence-corrected chi connectivity index (χ2v) is 7.54. The van der Waals surface area contributed by atoms with Gasteiger partial charge in [-0.3, -0.25) is 4.79 Å². The van der Waals surface area contributed by atoms with Gasteiger partial charge in [0, 0.05) is 12.1 Å². The van der Waals surface area contributed by atoms with Crippen molar-refractivity contribution in [2.24, 2.45) is 5.10 Å². The highest BCUT2D eigenvalue weighted by Crippen LogP contribution is 2.14. The molecule has 1 N–H and O–H groups in total. The third-order valence-corrected chi connectivity index (χ3v) is 5.23. The minimum atomic E-state index is -3.89. The van der Waals surface area contributed by atoms with E-state index in [4.69, 9.17) is 11.6 Å². The number of carbonyl (C=O) groups excluding carboxylic acids is 1. The zero-order chi connectivity index (χ0) is 18.4. The topological polar surface area (TPSA) is 78.8 Å². The predicted octanol–water partition coefficient (Wildman–Crippen LogP) is 2.25. The summed E-state index contributed by atoms with van der Waals surface area (Å²) >= 11 is 5.76. The lowest BCUT2D eigenvalue weighted by Crippen LogP contribution is -2.36. The Hall–Kier alpha value is -2.29. The minimum Gasteiger partial charge on any atom is -0.272 e. The first kappa shape index (κ1) is 19.0. The Morgan fingerprint density at radius 2 is 1.80 bits per heavy atom. The summed E-state index contributed by atoms with van der Waals surface area (Å²) in [5.41, 5.74) is 2.96. The van der Waals surface area contributed by atoms with Crippen molar-refractivity contribution in [2.75, 3.05) is 13.6 Å². The highest BCUT2D eigenvalue weighted by Gasteiger charge is 2.22. The molecule has 0 saturated carbocycles. The van der Waals surface area contributed by atoms with E-state index < -0.39 is 28.3 Å². The van der Waals surface area contributed by atoms with Crippen molar-refractivity contribution < 1.29 is 17.6 Å². The van der Waals surface area contributed by atoms with Gasteiger partial charge in [-0.15, -0.1) is 0 Å². The summed E-state index contributed by atoms with van der Waals surface area (Å²) < 4.78 is 38.3. The first-order valence-electron chi connectivity index (χ1n) is 7.08. The largest absolute Gasteiger partial charge is 0.272 e. The maximum Gasteiger partial charge on any atom is 0.255 e. The predicted molar refractivity (Wildman–Crippen MR) is 93.4 cm³/mol. The van der Waals surface area contributed by atoms with Crippen LogP contribution < -0.4 is 5.43 Å². The van der Waals surface area contributed by atoms with Crippen LogP contribution >= 0.6 is 11.6 Å². The van der Waals surface area contributed by atoms with Crippen molar-refractivity contribution >= 4 is 33.7 Å². The molecule has 0 aromatic heterocycles. The fraction of sp³-hybridized carbons (Fsp3) is 0.125. The zero-order valence-corrected chi connectivity index (χ0v) is 14.8. The third kappa shape index (κ3) is 5.35. The number of sulfonamides is 1. The van der Waals surface area contributed by atoms with E-state index in [0.717, 1.165) is 34.1 Å². The molecule has 0 spiro atoms. The molecule has 2 aromatic rings. The molecule has 0 saturated heterocycles. The summed E-state index contributed by atoms with van der Waals surface area (Å²) in [6.45, 7) is -0.433. The molecule has 0 aliphatic heterocycles. The van der Waals surface area contributed by atoms with Crippen LogP contribution in [0.5, 0.6) is 0 Å². The SMILES string of the molecule is CN(CC(=O)N/N=C\c1ccc(Cl)cc1)S(=O)(=O)c1ccc(F)cc1. The number of amides is 1. The van der Waals surface area contributed by atoms with E-state index in [1.807, 2.05) is 0 Å². The Morgan fingerprint density at radius 3 is 2.40 bits per heavy atom. The summed E-state index contributed by atoms with van der Waals surface area (Å²) in [5, 5.41) is 4.33. The Bertz CT molecular complexity index is 869. The normalized spacial score (nSPS) is 11.8. The number of hydrogen-bond donors (Lipinski definition) is 1. The number of rotatable bonds is 6. The average molecular weight is 384 g/mol. The van der Waals surface area contributed by atoms with E-state index in [2.05, 4.69) is 10.5 Å². The van der Waals surface area contributed by atoms with Gasteiger partial charge >= 0.3 is 0 Å². The number of halogens is 2. The smallest absolute Gasteiger partial charge is 0.255 e. The van der Waals surface area contributed by atoms with Gasteiger partial charge in [-0.05, 0) is 42.0 Å². The van der Waals surface area contributed by atoms with Crippen molar-refractivity contribution in [3.05, 3.63) is 64.9 Å². The maximum atomic E-state index is 12.9. The van der Waals surface area contributed by atoms with E-state index >= 15 is 0 Å². The Kier molecular flexibility index (Phi) is 6.24. The monoisotopic (exact) mass is 383 g/mol. The summed E-state index contributed by atoms with van der Waals surface area (Å²) in [4.78, 5) is 11.7. The quantitative estimate of drug-likeness (QED) is 0.613. The van der Waals surface area contributed by atoms with Crippen molar-refractivity contribution in [3.8, 4) is 0 Å². The van der Waals surface area contributed by atoms with Gasteiger partial charge < -0.3 is 0 Å². The van der Waals surface area contributed by atoms with Crippen LogP contribution in [0.2, 0.25) is 5.02 Å². The fourth-order valence-corrected chi connectivity index (χ4v) is 3.09. The first-order valence-corrected chi connectivity index (χ1v) is 8.90. The first-order chi connectivity index (χ1) is 11.8. The van der Waals surface area contributed by atoms with Crippen LogP contribution in [-0.2, 0) is 14.8 Å². The lowest BCUT2D eigenvalue weighted by Gasteiger charge is -2.16. The Morgan fingerprint density at radius 1 is 1.20 bits per heavy atom. The average Bonchev–Trinajstić information content (AvgIpc) is 2.57. The van der Waals surface area contributed by atoms with E-state index in [-0.39, 0.29) is 4.90 Å². The van der Waals surface area contributed by atoms with Crippen LogP contribution in [0.15, 0.2) is 58.5 Å². The molecule has 0 bridgehead atoms. The van der Waals surface area contributed by atoms with Gasteiger partial charge in [-0.25, -0.2) is 18.2 Å². The molecule has 25 heavy (non-hydrogen) atoms. The highest BCUT2D eigenvalue weighted by molar-refractivity contribution is 7.89. The Balaban J connectivity index is 1.95. The summed E-state index contributed by atoms with van der Waals surface area (Å²) in [6.07, 6.45) is 1.41. The molecule has 0 atom stereocenters. The molecule has 2 rings (SSSR count). The van der Waals surface area contributed by atoms with E-state index in [1.165, 1.54) is 13.3 Å². The lowest BCUT2D eigenvalue weighted by atomic mass is 10.2. The molecule has 0 fully saturated rings. The van der Waals surface area contributed by atoms with Gasteiger partial charge in [-0.2, -0.15) is 9.41 Å². The zero-order valence-electron chi connectivity index (χ0n) is 13.2. The molecule has 132 valence electrons. The molecule has 0 unspecified atom stereocenters. The van der Waals surface area contributed by atoms with Gasteiger partial charge in [0.2, 0.25) is 10.0 Å². The second-order valence-electron chi connectivity index (χ2n) is 5.06. The van der Waals surface area contributed by atoms with Crippen LogP contribution in [0.3, 0.4) is 0 Å². The summed E-state index contributed by atoms with van der Waals surface area (Å²) in [5.74, 6) is -1.16. The summed E-state index contributed by atoms with van der Waals surface area (Å²) in [6, 6.07) is 11.1. The van der Waals surface area contributed by atoms with Gasteiger partial charge in [0.15, 0.2) is 0 Å². The standard InChI is InChI=1S/C16H15ClFN3O3S/c1-21(25(23,24)15-8-6-14(18)7-9-15)11-16(22)20-19-10-12-2-4-13(17)5-3-12/h2-10H,11H2,1H3,(H,20,22)/b19-10-. The van der Waals surface area contributed by atoms with Crippen LogP contribution in [0.1, 0.15) is 5.56 Å². The molecule has 0 heterocycles. The summed E-state index contributed by atoms with van der Waals surface area (Å²) in [7, 11) is -2.64. The van der Waals surface area contributed by atoms with Crippen molar-refractivity contribution in [3.63, 3.8) is 0 Å². The molecule has 2 aromatic carbocycles. The lowest BCUT2D eigenvalue weighted by molar-refractivity contribution is -0.121. The number of hydrazone groups is 1. The molecular weight excluding hydrogens is 369 g/mol. The minimum absolute atomic E-state index is 0.103. The fourth-order valence-electron chi connectivity index (χ4n) is 1.84. The molecule has 0 aliphatic carbocycles. The Labute approximate surface area is 150 Å². The number of nitrogens with zero attached hydrogens (tertiary/aromatic N) is 2. The number of carbonyl (C=O) groups is 1. The number of likely N-dealkylation sites (N-methyl/N-ethyl adjacent to an activating group) is 1. The molecular formula is C16H15ClFN3O3S. The maximum absolute atomic E-state index is 12.9. The molecule has 0 aliphatic rings. The number of nitrogens with one attached hydrogen (secondary N) is 1. The van der Waals surface area contributed by atoms with E-state index in [1.54, 1.807) is 24.3 Å². The number of hydrogen-bond acceptors (Lipinski definition) is 4. The van der Waals surface area contributed by atoms with Crippen molar-refractivity contribution in [1.82, 2.24) is 9.73 Å². The molecule has 9 heteroatoms. The van der Waals surface area contributed by atoms with Crippen LogP contribution in [0.4, 0.5) is 4.39 Å².